The molecule has 38 heavy (non-hydrogen) atoms. The molecule has 2 heterocycles. The molecule has 0 unspecified atom stereocenters. The van der Waals surface area contributed by atoms with Gasteiger partial charge >= 0.3 is 0 Å². The molecule has 2 aromatic heterocycles. The fourth-order valence-corrected chi connectivity index (χ4v) is 4.92. The van der Waals surface area contributed by atoms with Crippen LogP contribution in [0, 0.1) is 0 Å². The summed E-state index contributed by atoms with van der Waals surface area (Å²) in [7, 11) is -1.36. The summed E-state index contributed by atoms with van der Waals surface area (Å²) in [6.07, 6.45) is 5.32. The largest absolute Gasteiger partial charge is 0.496 e. The van der Waals surface area contributed by atoms with Crippen molar-refractivity contribution in [2.24, 2.45) is 0 Å². The highest BCUT2D eigenvalue weighted by molar-refractivity contribution is 7.90. The number of methoxy groups -OCH3 is 1. The van der Waals surface area contributed by atoms with Gasteiger partial charge in [-0.1, -0.05) is 30.3 Å². The maximum Gasteiger partial charge on any atom is 0.148 e. The summed E-state index contributed by atoms with van der Waals surface area (Å²) in [6, 6.07) is 20.4. The van der Waals surface area contributed by atoms with E-state index < -0.39 is 9.84 Å². The molecule has 5 aromatic rings. The number of sulfone groups is 1. The zero-order valence-corrected chi connectivity index (χ0v) is 22.2. The first-order valence-electron chi connectivity index (χ1n) is 12.4. The highest BCUT2D eigenvalue weighted by Crippen LogP contribution is 2.31. The van der Waals surface area contributed by atoms with Crippen LogP contribution in [0.4, 0.5) is 11.5 Å². The van der Waals surface area contributed by atoms with Crippen LogP contribution in [0.1, 0.15) is 11.1 Å². The molecule has 10 heteroatoms. The van der Waals surface area contributed by atoms with Gasteiger partial charge in [0.15, 0.2) is 0 Å². The van der Waals surface area contributed by atoms with Gasteiger partial charge in [0.2, 0.25) is 0 Å². The van der Waals surface area contributed by atoms with Gasteiger partial charge in [-0.3, -0.25) is 4.68 Å². The minimum atomic E-state index is -2.99. The van der Waals surface area contributed by atoms with Gasteiger partial charge in [0.1, 0.15) is 27.7 Å². The Morgan fingerprint density at radius 3 is 2.63 bits per heavy atom. The lowest BCUT2D eigenvalue weighted by molar-refractivity contribution is 0.410. The van der Waals surface area contributed by atoms with Gasteiger partial charge in [-0.2, -0.15) is 5.10 Å². The molecule has 0 spiro atoms. The standard InChI is InChI=1S/C28H30N6O3S/c1-37-27-16-25-24(15-21(27)10-11-29-12-13-38(2,35)36)28(31-19-30-25)33-23-8-9-26-22(14-23)17-32-34(26)18-20-6-4-3-5-7-20/h3-9,14-17,19,29H,10-13,18H2,1-2H3,(H,30,31,33). The fraction of sp³-hybridized carbons (Fsp3) is 0.250. The summed E-state index contributed by atoms with van der Waals surface area (Å²) in [5.74, 6) is 1.54. The predicted octanol–water partition coefficient (Wildman–Crippen LogP) is 3.96. The Hall–Kier alpha value is -4.02. The van der Waals surface area contributed by atoms with Crippen molar-refractivity contribution in [2.45, 2.75) is 13.0 Å². The molecule has 0 aliphatic carbocycles. The second-order valence-corrected chi connectivity index (χ2v) is 11.5. The number of benzene rings is 3. The number of hydrogen-bond donors (Lipinski definition) is 2. The molecule has 0 fully saturated rings. The Bertz CT molecular complexity index is 1670. The summed E-state index contributed by atoms with van der Waals surface area (Å²) in [5.41, 5.74) is 4.91. The Morgan fingerprint density at radius 2 is 1.84 bits per heavy atom. The number of rotatable bonds is 11. The van der Waals surface area contributed by atoms with Gasteiger partial charge in [-0.15, -0.1) is 0 Å². The third-order valence-electron chi connectivity index (χ3n) is 6.34. The molecule has 0 aliphatic heterocycles. The number of anilines is 2. The Labute approximate surface area is 221 Å². The maximum absolute atomic E-state index is 11.4. The van der Waals surface area contributed by atoms with Crippen LogP contribution in [-0.4, -0.2) is 60.4 Å². The summed E-state index contributed by atoms with van der Waals surface area (Å²) in [6.45, 7) is 1.74. The summed E-state index contributed by atoms with van der Waals surface area (Å²) in [5, 5.41) is 13.1. The van der Waals surface area contributed by atoms with E-state index in [9.17, 15) is 8.42 Å². The zero-order chi connectivity index (χ0) is 26.5. The van der Waals surface area contributed by atoms with Gasteiger partial charge in [0.25, 0.3) is 0 Å². The fourth-order valence-electron chi connectivity index (χ4n) is 4.40. The van der Waals surface area contributed by atoms with E-state index in [1.54, 1.807) is 7.11 Å². The van der Waals surface area contributed by atoms with Gasteiger partial charge in [-0.05, 0) is 48.4 Å². The highest BCUT2D eigenvalue weighted by atomic mass is 32.2. The molecule has 0 atom stereocenters. The van der Waals surface area contributed by atoms with E-state index in [0.29, 0.717) is 31.9 Å². The van der Waals surface area contributed by atoms with Crippen molar-refractivity contribution in [3.8, 4) is 5.75 Å². The van der Waals surface area contributed by atoms with Crippen molar-refractivity contribution in [3.05, 3.63) is 84.3 Å². The van der Waals surface area contributed by atoms with E-state index in [-0.39, 0.29) is 5.75 Å². The van der Waals surface area contributed by atoms with Gasteiger partial charge in [-0.25, -0.2) is 18.4 Å². The van der Waals surface area contributed by atoms with Crippen molar-refractivity contribution in [3.63, 3.8) is 0 Å². The number of fused-ring (bicyclic) bond motifs is 2. The lowest BCUT2D eigenvalue weighted by Crippen LogP contribution is -2.24. The predicted molar refractivity (Wildman–Crippen MR) is 151 cm³/mol. The average molecular weight is 531 g/mol. The average Bonchev–Trinajstić information content (AvgIpc) is 3.30. The molecule has 0 saturated carbocycles. The first-order chi connectivity index (χ1) is 18.4. The van der Waals surface area contributed by atoms with E-state index >= 15 is 0 Å². The lowest BCUT2D eigenvalue weighted by Gasteiger charge is -2.13. The molecule has 196 valence electrons. The molecule has 2 N–H and O–H groups in total. The van der Waals surface area contributed by atoms with E-state index in [4.69, 9.17) is 4.74 Å². The quantitative estimate of drug-likeness (QED) is 0.247. The molecule has 0 saturated heterocycles. The molecule has 0 aliphatic rings. The van der Waals surface area contributed by atoms with Gasteiger partial charge in [0, 0.05) is 35.3 Å². The van der Waals surface area contributed by atoms with Crippen molar-refractivity contribution < 1.29 is 13.2 Å². The number of hydrogen-bond acceptors (Lipinski definition) is 8. The highest BCUT2D eigenvalue weighted by Gasteiger charge is 2.12. The number of nitrogens with zero attached hydrogens (tertiary/aromatic N) is 4. The van der Waals surface area contributed by atoms with Crippen LogP contribution in [0.3, 0.4) is 0 Å². The van der Waals surface area contributed by atoms with Crippen molar-refractivity contribution >= 4 is 43.1 Å². The Kier molecular flexibility index (Phi) is 7.52. The first-order valence-corrected chi connectivity index (χ1v) is 14.4. The second kappa shape index (κ2) is 11.2. The first kappa shape index (κ1) is 25.6. The third-order valence-corrected chi connectivity index (χ3v) is 7.28. The van der Waals surface area contributed by atoms with Crippen molar-refractivity contribution in [2.75, 3.05) is 37.5 Å². The third kappa shape index (κ3) is 6.09. The summed E-state index contributed by atoms with van der Waals surface area (Å²) < 4.78 is 30.3. The SMILES string of the molecule is COc1cc2ncnc(Nc3ccc4c(cnn4Cc4ccccc4)c3)c2cc1CCNCCS(C)(=O)=O. The van der Waals surface area contributed by atoms with E-state index in [1.165, 1.54) is 18.1 Å². The molecular weight excluding hydrogens is 500 g/mol. The molecule has 0 radical (unpaired) electrons. The minimum Gasteiger partial charge on any atom is -0.496 e. The van der Waals surface area contributed by atoms with E-state index in [1.807, 2.05) is 47.3 Å². The maximum atomic E-state index is 11.4. The summed E-state index contributed by atoms with van der Waals surface area (Å²) in [4.78, 5) is 8.95. The molecule has 0 bridgehead atoms. The van der Waals surface area contributed by atoms with Gasteiger partial charge in [0.05, 0.1) is 36.6 Å². The van der Waals surface area contributed by atoms with Crippen LogP contribution in [0.5, 0.6) is 5.75 Å². The van der Waals surface area contributed by atoms with Gasteiger partial charge < -0.3 is 15.4 Å². The zero-order valence-electron chi connectivity index (χ0n) is 21.4. The number of nitrogens with one attached hydrogen (secondary N) is 2. The molecule has 5 rings (SSSR count). The molecular formula is C28H30N6O3S. The van der Waals surface area contributed by atoms with Crippen LogP contribution in [0.25, 0.3) is 21.8 Å². The van der Waals surface area contributed by atoms with Crippen molar-refractivity contribution in [1.82, 2.24) is 25.1 Å². The van der Waals surface area contributed by atoms with Crippen LogP contribution in [-0.2, 0) is 22.8 Å². The van der Waals surface area contributed by atoms with Crippen LogP contribution in [0.2, 0.25) is 0 Å². The summed E-state index contributed by atoms with van der Waals surface area (Å²) >= 11 is 0. The monoisotopic (exact) mass is 530 g/mol. The van der Waals surface area contributed by atoms with Crippen molar-refractivity contribution in [1.29, 1.82) is 0 Å². The Morgan fingerprint density at radius 1 is 1.00 bits per heavy atom. The van der Waals surface area contributed by atoms with E-state index in [0.717, 1.165) is 38.8 Å². The normalized spacial score (nSPS) is 11.7. The van der Waals surface area contributed by atoms with E-state index in [2.05, 4.69) is 50.0 Å². The molecule has 0 amide bonds. The van der Waals surface area contributed by atoms with Crippen LogP contribution in [0.15, 0.2) is 73.2 Å². The second-order valence-electron chi connectivity index (χ2n) is 9.22. The topological polar surface area (TPSA) is 111 Å². The Balaban J connectivity index is 1.36. The smallest absolute Gasteiger partial charge is 0.148 e. The lowest BCUT2D eigenvalue weighted by atomic mass is 10.1. The number of aromatic nitrogens is 4. The van der Waals surface area contributed by atoms with Crippen LogP contribution < -0.4 is 15.4 Å². The number of ether oxygens (including phenoxy) is 1. The molecule has 9 nitrogen and oxygen atoms in total. The minimum absolute atomic E-state index is 0.110. The van der Waals surface area contributed by atoms with Crippen LogP contribution >= 0.6 is 0 Å². The molecule has 3 aromatic carbocycles.